The highest BCUT2D eigenvalue weighted by Crippen LogP contribution is 2.34. The first-order valence-electron chi connectivity index (χ1n) is 8.94. The number of rotatable bonds is 5. The van der Waals surface area contributed by atoms with Gasteiger partial charge in [-0.3, -0.25) is 4.79 Å². The summed E-state index contributed by atoms with van der Waals surface area (Å²) in [5.74, 6) is -0.0775. The molecule has 1 fully saturated rings. The maximum absolute atomic E-state index is 12.3. The Morgan fingerprint density at radius 1 is 1.19 bits per heavy atom. The molecule has 4 heteroatoms. The number of nitrogens with one attached hydrogen (secondary N) is 1. The molecule has 1 amide bonds. The van der Waals surface area contributed by atoms with Gasteiger partial charge in [0.25, 0.3) is 0 Å². The predicted octanol–water partition coefficient (Wildman–Crippen LogP) is 4.53. The molecule has 1 heterocycles. The lowest BCUT2D eigenvalue weighted by molar-refractivity contribution is -0.116. The van der Waals surface area contributed by atoms with E-state index in [2.05, 4.69) is 23.5 Å². The summed E-state index contributed by atoms with van der Waals surface area (Å²) < 4.78 is 5.54. The van der Waals surface area contributed by atoms with Crippen molar-refractivity contribution in [1.82, 2.24) is 5.32 Å². The van der Waals surface area contributed by atoms with Crippen molar-refractivity contribution >= 4 is 23.6 Å². The van der Waals surface area contributed by atoms with Crippen molar-refractivity contribution in [2.75, 3.05) is 19.8 Å². The number of hydrogen-bond donors (Lipinski definition) is 1. The minimum Gasteiger partial charge on any atom is -0.381 e. The molecule has 1 aliphatic rings. The van der Waals surface area contributed by atoms with Crippen LogP contribution in [0.2, 0.25) is 5.02 Å². The summed E-state index contributed by atoms with van der Waals surface area (Å²) in [4.78, 5) is 12.3. The van der Waals surface area contributed by atoms with E-state index >= 15 is 0 Å². The number of hydrogen-bond acceptors (Lipinski definition) is 2. The molecule has 0 radical (unpaired) electrons. The van der Waals surface area contributed by atoms with Crippen molar-refractivity contribution < 1.29 is 9.53 Å². The quantitative estimate of drug-likeness (QED) is 0.786. The summed E-state index contributed by atoms with van der Waals surface area (Å²) in [5.41, 5.74) is 3.30. The second kappa shape index (κ2) is 8.52. The molecule has 2 aromatic carbocycles. The van der Waals surface area contributed by atoms with Crippen molar-refractivity contribution in [3.05, 3.63) is 76.3 Å². The zero-order chi connectivity index (χ0) is 18.4. The second-order valence-electron chi connectivity index (χ2n) is 6.86. The Morgan fingerprint density at radius 2 is 1.92 bits per heavy atom. The minimum atomic E-state index is -0.102. The summed E-state index contributed by atoms with van der Waals surface area (Å²) in [7, 11) is 0. The third-order valence-corrected chi connectivity index (χ3v) is 5.23. The number of benzene rings is 2. The van der Waals surface area contributed by atoms with Crippen LogP contribution < -0.4 is 5.32 Å². The topological polar surface area (TPSA) is 38.3 Å². The zero-order valence-electron chi connectivity index (χ0n) is 15.0. The van der Waals surface area contributed by atoms with Crippen molar-refractivity contribution in [3.63, 3.8) is 0 Å². The molecule has 1 aliphatic heterocycles. The van der Waals surface area contributed by atoms with Gasteiger partial charge in [-0.25, -0.2) is 0 Å². The molecule has 136 valence electrons. The standard InChI is InChI=1S/C22H24ClNO2/c1-17-3-2-4-18(15-17)5-10-21(25)24-16-22(11-13-26-14-12-22)19-6-8-20(23)9-7-19/h2-10,15H,11-14,16H2,1H3,(H,24,25). The fraction of sp³-hybridized carbons (Fsp3) is 0.318. The number of carbonyl (C=O) groups is 1. The number of amides is 1. The van der Waals surface area contributed by atoms with Crippen LogP contribution in [0, 0.1) is 6.92 Å². The van der Waals surface area contributed by atoms with Crippen LogP contribution in [-0.4, -0.2) is 25.7 Å². The van der Waals surface area contributed by atoms with E-state index in [0.717, 1.165) is 23.4 Å². The average Bonchev–Trinajstić information content (AvgIpc) is 2.66. The van der Waals surface area contributed by atoms with Crippen LogP contribution in [0.15, 0.2) is 54.6 Å². The molecule has 26 heavy (non-hydrogen) atoms. The summed E-state index contributed by atoms with van der Waals surface area (Å²) in [6.45, 7) is 4.04. The summed E-state index contributed by atoms with van der Waals surface area (Å²) in [5, 5.41) is 3.80. The molecule has 0 aliphatic carbocycles. The smallest absolute Gasteiger partial charge is 0.244 e. The van der Waals surface area contributed by atoms with Crippen LogP contribution in [0.25, 0.3) is 6.08 Å². The molecule has 1 N–H and O–H groups in total. The van der Waals surface area contributed by atoms with Gasteiger partial charge in [-0.05, 0) is 49.1 Å². The molecule has 3 nitrogen and oxygen atoms in total. The van der Waals surface area contributed by atoms with E-state index in [1.807, 2.05) is 43.3 Å². The first kappa shape index (κ1) is 18.7. The van der Waals surface area contributed by atoms with Crippen LogP contribution in [0.5, 0.6) is 0 Å². The molecular weight excluding hydrogens is 346 g/mol. The fourth-order valence-corrected chi connectivity index (χ4v) is 3.52. The van der Waals surface area contributed by atoms with Crippen molar-refractivity contribution in [2.45, 2.75) is 25.2 Å². The Balaban J connectivity index is 1.68. The average molecular weight is 370 g/mol. The van der Waals surface area contributed by atoms with E-state index in [0.29, 0.717) is 19.8 Å². The Hall–Kier alpha value is -2.10. The highest BCUT2D eigenvalue weighted by molar-refractivity contribution is 6.30. The lowest BCUT2D eigenvalue weighted by atomic mass is 9.74. The van der Waals surface area contributed by atoms with E-state index in [4.69, 9.17) is 16.3 Å². The highest BCUT2D eigenvalue weighted by atomic mass is 35.5. The van der Waals surface area contributed by atoms with Crippen molar-refractivity contribution in [1.29, 1.82) is 0 Å². The van der Waals surface area contributed by atoms with Gasteiger partial charge in [0.1, 0.15) is 0 Å². The molecular formula is C22H24ClNO2. The number of ether oxygens (including phenoxy) is 1. The first-order chi connectivity index (χ1) is 12.6. The van der Waals surface area contributed by atoms with Crippen molar-refractivity contribution in [2.24, 2.45) is 0 Å². The molecule has 0 atom stereocenters. The second-order valence-corrected chi connectivity index (χ2v) is 7.30. The maximum atomic E-state index is 12.3. The molecule has 0 unspecified atom stereocenters. The monoisotopic (exact) mass is 369 g/mol. The van der Waals surface area contributed by atoms with E-state index in [-0.39, 0.29) is 11.3 Å². The molecule has 1 saturated heterocycles. The van der Waals surface area contributed by atoms with Gasteiger partial charge < -0.3 is 10.1 Å². The summed E-state index contributed by atoms with van der Waals surface area (Å²) in [6, 6.07) is 16.0. The van der Waals surface area contributed by atoms with Crippen LogP contribution >= 0.6 is 11.6 Å². The Morgan fingerprint density at radius 3 is 2.62 bits per heavy atom. The molecule has 0 bridgehead atoms. The van der Waals surface area contributed by atoms with Gasteiger partial charge >= 0.3 is 0 Å². The van der Waals surface area contributed by atoms with Gasteiger partial charge in [-0.2, -0.15) is 0 Å². The summed E-state index contributed by atoms with van der Waals surface area (Å²) in [6.07, 6.45) is 5.22. The van der Waals surface area contributed by atoms with Gasteiger partial charge in [-0.1, -0.05) is 53.6 Å². The first-order valence-corrected chi connectivity index (χ1v) is 9.32. The molecule has 0 aromatic heterocycles. The van der Waals surface area contributed by atoms with Crippen molar-refractivity contribution in [3.8, 4) is 0 Å². The lowest BCUT2D eigenvalue weighted by Crippen LogP contribution is -2.44. The van der Waals surface area contributed by atoms with E-state index < -0.39 is 0 Å². The molecule has 0 saturated carbocycles. The van der Waals surface area contributed by atoms with E-state index in [9.17, 15) is 4.79 Å². The summed E-state index contributed by atoms with van der Waals surface area (Å²) >= 11 is 6.03. The van der Waals surface area contributed by atoms with Gasteiger partial charge in [0, 0.05) is 36.3 Å². The van der Waals surface area contributed by atoms with Crippen LogP contribution in [-0.2, 0) is 14.9 Å². The molecule has 3 rings (SSSR count). The van der Waals surface area contributed by atoms with Gasteiger partial charge in [0.2, 0.25) is 5.91 Å². The van der Waals surface area contributed by atoms with Gasteiger partial charge in [-0.15, -0.1) is 0 Å². The zero-order valence-corrected chi connectivity index (χ0v) is 15.8. The van der Waals surface area contributed by atoms with Gasteiger partial charge in [0.15, 0.2) is 0 Å². The fourth-order valence-electron chi connectivity index (χ4n) is 3.39. The molecule has 2 aromatic rings. The minimum absolute atomic E-state index is 0.0775. The Labute approximate surface area is 160 Å². The number of halogens is 1. The van der Waals surface area contributed by atoms with Gasteiger partial charge in [0.05, 0.1) is 0 Å². The maximum Gasteiger partial charge on any atom is 0.244 e. The third kappa shape index (κ3) is 4.75. The molecule has 0 spiro atoms. The number of aryl methyl sites for hydroxylation is 1. The van der Waals surface area contributed by atoms with Crippen LogP contribution in [0.4, 0.5) is 0 Å². The number of carbonyl (C=O) groups excluding carboxylic acids is 1. The SMILES string of the molecule is Cc1cccc(C=CC(=O)NCC2(c3ccc(Cl)cc3)CCOCC2)c1. The van der Waals surface area contributed by atoms with Crippen LogP contribution in [0.3, 0.4) is 0 Å². The van der Waals surface area contributed by atoms with E-state index in [1.54, 1.807) is 6.08 Å². The third-order valence-electron chi connectivity index (χ3n) is 4.98. The highest BCUT2D eigenvalue weighted by Gasteiger charge is 2.34. The Kier molecular flexibility index (Phi) is 6.12. The van der Waals surface area contributed by atoms with E-state index in [1.165, 1.54) is 11.1 Å². The predicted molar refractivity (Wildman–Crippen MR) is 106 cm³/mol. The Bertz CT molecular complexity index is 777. The lowest BCUT2D eigenvalue weighted by Gasteiger charge is -2.37. The normalized spacial score (nSPS) is 16.5. The largest absolute Gasteiger partial charge is 0.381 e. The van der Waals surface area contributed by atoms with Crippen LogP contribution in [0.1, 0.15) is 29.5 Å².